The molecule has 0 aromatic carbocycles. The van der Waals surface area contributed by atoms with Gasteiger partial charge in [-0.3, -0.25) is 0 Å². The molecule has 24 heavy (non-hydrogen) atoms. The first-order chi connectivity index (χ1) is 8.66. The van der Waals surface area contributed by atoms with Crippen LogP contribution in [0.15, 0.2) is 0 Å². The van der Waals surface area contributed by atoms with Crippen molar-refractivity contribution < 1.29 is 104 Å². The molecule has 15 nitrogen and oxygen atoms in total. The topological polar surface area (TPSA) is 316 Å². The van der Waals surface area contributed by atoms with Gasteiger partial charge in [0, 0.05) is 45.9 Å². The molecule has 2 radical (unpaired) electrons. The third-order valence-electron chi connectivity index (χ3n) is 0. The quantitative estimate of drug-likeness (QED) is 0.255. The minimum atomic E-state index is -3.63. The summed E-state index contributed by atoms with van der Waals surface area (Å²) >= 11 is 0. The number of hydrogen-bond donors (Lipinski definition) is 0. The molecule has 130 valence electrons. The second-order valence-corrected chi connectivity index (χ2v) is 3.75. The van der Waals surface area contributed by atoms with E-state index in [-0.39, 0.29) is 68.9 Å². The van der Waals surface area contributed by atoms with Crippen LogP contribution in [0.25, 0.3) is 0 Å². The van der Waals surface area contributed by atoms with Gasteiger partial charge in [0.15, 0.2) is 0 Å². The van der Waals surface area contributed by atoms with Crippen molar-refractivity contribution in [3.8, 4) is 0 Å². The largest absolute Gasteiger partial charge is 3.00 e. The third-order valence-corrected chi connectivity index (χ3v) is 0. The van der Waals surface area contributed by atoms with Crippen LogP contribution in [0.2, 0.25) is 0 Å². The van der Waals surface area contributed by atoms with E-state index in [0.29, 0.717) is 0 Å². The SMILES string of the molecule is O=[Si]([O-])[O-].O=[Si]([O-])[O-].O=[Si]([O-])[O-].O=[Si]([O-])[O-].O=[Si]([O-])[O-].[Al+3].[Al+3].[Mn+2].[Mn+2]. The minimum Gasteiger partial charge on any atom is -0.672 e. The van der Waals surface area contributed by atoms with Crippen molar-refractivity contribution >= 4 is 80.6 Å². The molecule has 0 amide bonds. The van der Waals surface area contributed by atoms with Crippen molar-refractivity contribution in [2.75, 3.05) is 0 Å². The van der Waals surface area contributed by atoms with E-state index in [0.717, 1.165) is 0 Å². The summed E-state index contributed by atoms with van der Waals surface area (Å²) in [6, 6.07) is 0. The van der Waals surface area contributed by atoms with Gasteiger partial charge in [0.2, 0.25) is 0 Å². The normalized spacial score (nSPS) is 5.00. The molecule has 0 fully saturated rings. The van der Waals surface area contributed by atoms with E-state index in [2.05, 4.69) is 0 Å². The molecule has 0 unspecified atom stereocenters. The van der Waals surface area contributed by atoms with Gasteiger partial charge in [0.25, 0.3) is 0 Å². The van der Waals surface area contributed by atoms with E-state index in [1.165, 1.54) is 0 Å². The van der Waals surface area contributed by atoms with Crippen molar-refractivity contribution in [2.24, 2.45) is 0 Å². The van der Waals surface area contributed by atoms with Crippen molar-refractivity contribution in [1.82, 2.24) is 0 Å². The van der Waals surface area contributed by atoms with Gasteiger partial charge in [-0.2, -0.15) is 0 Å². The van der Waals surface area contributed by atoms with E-state index < -0.39 is 45.9 Å². The molecule has 0 saturated carbocycles. The van der Waals surface area contributed by atoms with Gasteiger partial charge in [-0.25, -0.2) is 0 Å². The van der Waals surface area contributed by atoms with Crippen LogP contribution >= 0.6 is 0 Å². The fourth-order valence-electron chi connectivity index (χ4n) is 0. The maximum absolute atomic E-state index is 8.52. The van der Waals surface area contributed by atoms with Crippen LogP contribution in [0.4, 0.5) is 0 Å². The summed E-state index contributed by atoms with van der Waals surface area (Å²) in [6.07, 6.45) is 0. The molecule has 0 aromatic rings. The third kappa shape index (κ3) is 281000. The predicted octanol–water partition coefficient (Wildman–Crippen LogP) is -15.2. The molecule has 0 bridgehead atoms. The Kier molecular flexibility index (Phi) is 116. The summed E-state index contributed by atoms with van der Waals surface area (Å²) in [5.74, 6) is 0. The molecule has 24 heteroatoms. The maximum Gasteiger partial charge on any atom is 3.00 e. The van der Waals surface area contributed by atoms with E-state index in [4.69, 9.17) is 70.3 Å². The first-order valence-corrected chi connectivity index (χ1v) is 9.19. The summed E-state index contributed by atoms with van der Waals surface area (Å²) < 4.78 is 42.6. The molecule has 0 aliphatic heterocycles. The van der Waals surface area contributed by atoms with E-state index >= 15 is 0 Å². The average molecular weight is 544 g/mol. The standard InChI is InChI=1S/2Al.2Mn.5O3Si/c;;;;5*1-4(2)3/q2*+3;2*+2;5*-2. The summed E-state index contributed by atoms with van der Waals surface area (Å²) in [5.41, 5.74) is 0. The van der Waals surface area contributed by atoms with Crippen molar-refractivity contribution in [3.05, 3.63) is 0 Å². The Morgan fingerprint density at radius 1 is 0.333 bits per heavy atom. The second kappa shape index (κ2) is 49.5. The molecule has 0 spiro atoms. The molecular formula is Al2Mn2O15Si5. The average Bonchev–Trinajstić information content (AvgIpc) is 1.94. The van der Waals surface area contributed by atoms with Crippen molar-refractivity contribution in [1.29, 1.82) is 0 Å². The van der Waals surface area contributed by atoms with E-state index in [9.17, 15) is 0 Å². The van der Waals surface area contributed by atoms with E-state index in [1.807, 2.05) is 0 Å². The maximum atomic E-state index is 8.52. The zero-order valence-electron chi connectivity index (χ0n) is 10.5. The second-order valence-electron chi connectivity index (χ2n) is 1.25. The Balaban J connectivity index is -0.0000000161. The minimum absolute atomic E-state index is 0. The summed E-state index contributed by atoms with van der Waals surface area (Å²) in [4.78, 5) is 85.2. The Hall–Kier alpha value is 0.188. The molecule has 0 atom stereocenters. The van der Waals surface area contributed by atoms with E-state index in [1.54, 1.807) is 0 Å². The van der Waals surface area contributed by atoms with Crippen LogP contribution < -0.4 is 48.0 Å². The monoisotopic (exact) mass is 544 g/mol. The smallest absolute Gasteiger partial charge is 0.672 e. The van der Waals surface area contributed by atoms with Crippen LogP contribution in [0.3, 0.4) is 0 Å². The van der Waals surface area contributed by atoms with Gasteiger partial charge in [-0.1, -0.05) is 0 Å². The van der Waals surface area contributed by atoms with Gasteiger partial charge in [-0.15, -0.1) is 0 Å². The molecule has 0 aliphatic rings. The van der Waals surface area contributed by atoms with Gasteiger partial charge < -0.3 is 70.3 Å². The van der Waals surface area contributed by atoms with Crippen LogP contribution in [-0.2, 0) is 56.4 Å². The fourth-order valence-corrected chi connectivity index (χ4v) is 0. The Labute approximate surface area is 184 Å². The van der Waals surface area contributed by atoms with Crippen LogP contribution in [0.1, 0.15) is 0 Å². The Morgan fingerprint density at radius 2 is 0.333 bits per heavy atom. The predicted molar refractivity (Wildman–Crippen MR) is 43.7 cm³/mol. The molecule has 0 N–H and O–H groups in total. The van der Waals surface area contributed by atoms with Crippen LogP contribution in [0, 0.1) is 0 Å². The van der Waals surface area contributed by atoms with Crippen molar-refractivity contribution in [3.63, 3.8) is 0 Å². The Morgan fingerprint density at radius 3 is 0.333 bits per heavy atom. The number of rotatable bonds is 0. The summed E-state index contributed by atoms with van der Waals surface area (Å²) in [5, 5.41) is 0. The van der Waals surface area contributed by atoms with Gasteiger partial charge in [-0.05, 0) is 0 Å². The first-order valence-electron chi connectivity index (χ1n) is 3.06. The number of hydrogen-bond acceptors (Lipinski definition) is 15. The fraction of sp³-hybridized carbons (Fsp3) is 0. The van der Waals surface area contributed by atoms with Gasteiger partial charge >= 0.3 is 68.9 Å². The Bertz CT molecular complexity index is 221. The van der Waals surface area contributed by atoms with Crippen LogP contribution in [-0.4, -0.2) is 80.6 Å². The van der Waals surface area contributed by atoms with Crippen LogP contribution in [0.5, 0.6) is 0 Å². The zero-order chi connectivity index (χ0) is 17.9. The molecule has 0 saturated heterocycles. The van der Waals surface area contributed by atoms with Crippen molar-refractivity contribution in [2.45, 2.75) is 0 Å². The molecule has 0 aromatic heterocycles. The molecule has 0 rings (SSSR count). The summed E-state index contributed by atoms with van der Waals surface area (Å²) in [7, 11) is -18.1. The van der Waals surface area contributed by atoms with Gasteiger partial charge in [0.05, 0.1) is 0 Å². The first kappa shape index (κ1) is 56.4. The molecular weight excluding hydrogens is 544 g/mol. The summed E-state index contributed by atoms with van der Waals surface area (Å²) in [6.45, 7) is 0. The van der Waals surface area contributed by atoms with Gasteiger partial charge in [0.1, 0.15) is 0 Å². The molecule has 0 aliphatic carbocycles. The molecule has 0 heterocycles. The zero-order valence-corrected chi connectivity index (χ0v) is 20.2.